The molecule has 4 aromatic rings. The van der Waals surface area contributed by atoms with Crippen LogP contribution in [0.1, 0.15) is 50.7 Å². The molecule has 0 bridgehead atoms. The number of hydrogen-bond acceptors (Lipinski definition) is 7. The van der Waals surface area contributed by atoms with E-state index in [-0.39, 0.29) is 28.6 Å². The van der Waals surface area contributed by atoms with Gasteiger partial charge in [0.1, 0.15) is 5.15 Å². The number of carboxylic acid groups (broad SMARTS) is 1. The fraction of sp³-hybridized carbons (Fsp3) is 0.235. The molecule has 0 saturated carbocycles. The number of hydrogen-bond donors (Lipinski definition) is 3. The summed E-state index contributed by atoms with van der Waals surface area (Å²) < 4.78 is 0. The minimum absolute atomic E-state index is 0.0494. The minimum atomic E-state index is -1.08. The lowest BCUT2D eigenvalue weighted by Crippen LogP contribution is -2.36. The zero-order chi connectivity index (χ0) is 32.5. The molecule has 1 aliphatic heterocycles. The fourth-order valence-electron chi connectivity index (χ4n) is 5.30. The normalized spacial score (nSPS) is 13.8. The first-order valence-corrected chi connectivity index (χ1v) is 15.2. The van der Waals surface area contributed by atoms with E-state index in [4.69, 9.17) is 11.6 Å². The van der Waals surface area contributed by atoms with Crippen molar-refractivity contribution in [2.45, 2.75) is 25.3 Å². The van der Waals surface area contributed by atoms with Crippen LogP contribution in [0.5, 0.6) is 0 Å². The Hall–Kier alpha value is -5.29. The highest BCUT2D eigenvalue weighted by Crippen LogP contribution is 2.30. The smallest absolute Gasteiger partial charge is 0.305 e. The Kier molecular flexibility index (Phi) is 10.6. The Balaban J connectivity index is 1.38. The van der Waals surface area contributed by atoms with Crippen LogP contribution in [0.4, 0.5) is 11.4 Å². The molecule has 1 fully saturated rings. The van der Waals surface area contributed by atoms with Gasteiger partial charge in [-0.15, -0.1) is 0 Å². The third-order valence-corrected chi connectivity index (χ3v) is 7.88. The van der Waals surface area contributed by atoms with Gasteiger partial charge in [0.15, 0.2) is 0 Å². The molecule has 1 aliphatic rings. The number of aromatic nitrogens is 2. The van der Waals surface area contributed by atoms with E-state index in [2.05, 4.69) is 25.5 Å². The van der Waals surface area contributed by atoms with E-state index in [1.54, 1.807) is 42.6 Å². The predicted molar refractivity (Wildman–Crippen MR) is 174 cm³/mol. The molecule has 2 aromatic carbocycles. The molecule has 5 rings (SSSR count). The van der Waals surface area contributed by atoms with Crippen molar-refractivity contribution in [2.24, 2.45) is 0 Å². The lowest BCUT2D eigenvalue weighted by molar-refractivity contribution is -0.137. The zero-order valence-electron chi connectivity index (χ0n) is 24.9. The van der Waals surface area contributed by atoms with Crippen LogP contribution >= 0.6 is 11.6 Å². The van der Waals surface area contributed by atoms with Crippen LogP contribution < -0.4 is 15.5 Å². The van der Waals surface area contributed by atoms with Gasteiger partial charge in [-0.2, -0.15) is 0 Å². The highest BCUT2D eigenvalue weighted by atomic mass is 35.5. The Bertz CT molecular complexity index is 1690. The summed E-state index contributed by atoms with van der Waals surface area (Å²) in [6, 6.07) is 20.2. The first kappa shape index (κ1) is 32.1. The summed E-state index contributed by atoms with van der Waals surface area (Å²) in [7, 11) is 0. The van der Waals surface area contributed by atoms with E-state index in [9.17, 15) is 24.3 Å². The Morgan fingerprint density at radius 1 is 0.870 bits per heavy atom. The van der Waals surface area contributed by atoms with Crippen LogP contribution in [-0.4, -0.2) is 69.8 Å². The van der Waals surface area contributed by atoms with E-state index in [1.165, 1.54) is 18.5 Å². The highest BCUT2D eigenvalue weighted by molar-refractivity contribution is 6.29. The molecular weight excluding hydrogens is 608 g/mol. The molecule has 236 valence electrons. The van der Waals surface area contributed by atoms with Crippen LogP contribution in [0.25, 0.3) is 0 Å². The summed E-state index contributed by atoms with van der Waals surface area (Å²) in [5.74, 6) is -1.99. The third kappa shape index (κ3) is 8.45. The van der Waals surface area contributed by atoms with Gasteiger partial charge in [0.2, 0.25) is 5.91 Å². The van der Waals surface area contributed by atoms with Crippen LogP contribution in [0.15, 0.2) is 91.4 Å². The van der Waals surface area contributed by atoms with Crippen molar-refractivity contribution in [3.05, 3.63) is 119 Å². The molecule has 1 saturated heterocycles. The molecule has 0 aliphatic carbocycles. The molecule has 46 heavy (non-hydrogen) atoms. The maximum Gasteiger partial charge on any atom is 0.305 e. The number of carboxylic acids is 1. The third-order valence-electron chi connectivity index (χ3n) is 7.65. The Morgan fingerprint density at radius 2 is 1.67 bits per heavy atom. The molecule has 0 radical (unpaired) electrons. The molecule has 1 unspecified atom stereocenters. The Labute approximate surface area is 271 Å². The lowest BCUT2D eigenvalue weighted by atomic mass is 10.0. The van der Waals surface area contributed by atoms with Gasteiger partial charge >= 0.3 is 5.97 Å². The lowest BCUT2D eigenvalue weighted by Gasteiger charge is -2.27. The van der Waals surface area contributed by atoms with E-state index < -0.39 is 23.8 Å². The number of nitrogens with one attached hydrogen (secondary N) is 2. The first-order valence-electron chi connectivity index (χ1n) is 14.8. The monoisotopic (exact) mass is 640 g/mol. The maximum absolute atomic E-state index is 13.4. The molecule has 12 heteroatoms. The SMILES string of the molecule is O=C(O)CC(NC(=O)c1ccc(N2CCCN(C(=O)Cc3ccccc3)CC2)c(NC(=O)c2ccc(Cl)nc2)c1)c1cccnc1. The van der Waals surface area contributed by atoms with Gasteiger partial charge in [0.05, 0.1) is 35.8 Å². The van der Waals surface area contributed by atoms with Gasteiger partial charge in [0.25, 0.3) is 11.8 Å². The molecule has 3 N–H and O–H groups in total. The van der Waals surface area contributed by atoms with Gasteiger partial charge in [-0.25, -0.2) is 4.98 Å². The number of amides is 3. The van der Waals surface area contributed by atoms with Crippen LogP contribution in [0.2, 0.25) is 5.15 Å². The second kappa shape index (κ2) is 15.1. The van der Waals surface area contributed by atoms with Crippen molar-refractivity contribution in [2.75, 3.05) is 36.4 Å². The van der Waals surface area contributed by atoms with E-state index >= 15 is 0 Å². The second-order valence-electron chi connectivity index (χ2n) is 10.8. The van der Waals surface area contributed by atoms with Gasteiger partial charge < -0.3 is 25.5 Å². The number of carbonyl (C=O) groups excluding carboxylic acids is 3. The molecule has 1 atom stereocenters. The van der Waals surface area contributed by atoms with Gasteiger partial charge in [-0.3, -0.25) is 24.2 Å². The molecule has 11 nitrogen and oxygen atoms in total. The zero-order valence-corrected chi connectivity index (χ0v) is 25.7. The number of carbonyl (C=O) groups is 4. The van der Waals surface area contributed by atoms with E-state index in [0.29, 0.717) is 56.0 Å². The number of halogens is 1. The minimum Gasteiger partial charge on any atom is -0.481 e. The summed E-state index contributed by atoms with van der Waals surface area (Å²) in [5, 5.41) is 15.4. The summed E-state index contributed by atoms with van der Waals surface area (Å²) in [5.41, 5.74) is 3.07. The molecule has 3 heterocycles. The number of anilines is 2. The predicted octanol–water partition coefficient (Wildman–Crippen LogP) is 4.61. The summed E-state index contributed by atoms with van der Waals surface area (Å²) in [6.45, 7) is 2.22. The van der Waals surface area contributed by atoms with Crippen molar-refractivity contribution in [1.29, 1.82) is 0 Å². The summed E-state index contributed by atoms with van der Waals surface area (Å²) >= 11 is 5.91. The average Bonchev–Trinajstić information content (AvgIpc) is 3.32. The van der Waals surface area contributed by atoms with Crippen molar-refractivity contribution >= 4 is 46.7 Å². The standard InChI is InChI=1S/C34H33ClN6O5/c35-30-12-10-26(22-37-30)34(46)39-28-19-24(33(45)38-27(20-32(43)44)25-8-4-13-36-21-25)9-11-29(28)40-14-5-15-41(17-16-40)31(42)18-23-6-2-1-3-7-23/h1-4,6-13,19,21-22,27H,5,14-18,20H2,(H,38,45)(H,39,46)(H,43,44). The largest absolute Gasteiger partial charge is 0.481 e. The fourth-order valence-corrected chi connectivity index (χ4v) is 5.41. The van der Waals surface area contributed by atoms with Gasteiger partial charge in [-0.05, 0) is 53.9 Å². The average molecular weight is 641 g/mol. The summed E-state index contributed by atoms with van der Waals surface area (Å²) in [4.78, 5) is 63.3. The number of aliphatic carboxylic acids is 1. The molecule has 0 spiro atoms. The quantitative estimate of drug-likeness (QED) is 0.213. The number of pyridine rings is 2. The number of benzene rings is 2. The Morgan fingerprint density at radius 3 is 2.39 bits per heavy atom. The van der Waals surface area contributed by atoms with Crippen LogP contribution in [0, 0.1) is 0 Å². The van der Waals surface area contributed by atoms with Crippen molar-refractivity contribution in [1.82, 2.24) is 20.2 Å². The first-order chi connectivity index (χ1) is 22.3. The van der Waals surface area contributed by atoms with E-state index in [0.717, 1.165) is 5.56 Å². The highest BCUT2D eigenvalue weighted by Gasteiger charge is 2.24. The van der Waals surface area contributed by atoms with Crippen LogP contribution in [-0.2, 0) is 16.0 Å². The van der Waals surface area contributed by atoms with Crippen molar-refractivity contribution in [3.63, 3.8) is 0 Å². The van der Waals surface area contributed by atoms with E-state index in [1.807, 2.05) is 35.2 Å². The molecular formula is C34H33ClN6O5. The van der Waals surface area contributed by atoms with Crippen molar-refractivity contribution in [3.8, 4) is 0 Å². The van der Waals surface area contributed by atoms with Crippen LogP contribution in [0.3, 0.4) is 0 Å². The number of rotatable bonds is 10. The van der Waals surface area contributed by atoms with Gasteiger partial charge in [-0.1, -0.05) is 48.0 Å². The summed E-state index contributed by atoms with van der Waals surface area (Å²) in [6.07, 6.45) is 5.13. The van der Waals surface area contributed by atoms with Crippen molar-refractivity contribution < 1.29 is 24.3 Å². The topological polar surface area (TPSA) is 145 Å². The second-order valence-corrected chi connectivity index (χ2v) is 11.2. The number of nitrogens with zero attached hydrogens (tertiary/aromatic N) is 4. The van der Waals surface area contributed by atoms with Gasteiger partial charge in [0, 0.05) is 50.3 Å². The molecule has 2 aromatic heterocycles. The molecule has 3 amide bonds. The maximum atomic E-state index is 13.4.